The molecule has 3 rings (SSSR count). The molecule has 2 N–H and O–H groups in total. The molecule has 0 bridgehead atoms. The average Bonchev–Trinajstić information content (AvgIpc) is 3.36. The Labute approximate surface area is 199 Å². The molecule has 0 spiro atoms. The summed E-state index contributed by atoms with van der Waals surface area (Å²) in [6.45, 7) is 2.27. The van der Waals surface area contributed by atoms with Gasteiger partial charge in [-0.2, -0.15) is 0 Å². The third-order valence-corrected chi connectivity index (χ3v) is 7.49. The van der Waals surface area contributed by atoms with Crippen LogP contribution in [0.25, 0.3) is 0 Å². The van der Waals surface area contributed by atoms with Gasteiger partial charge in [0.2, 0.25) is 0 Å². The number of carbonyl (C=O) groups excluding carboxylic acids is 2. The number of rotatable bonds is 10. The molecule has 2 amide bonds. The molecule has 0 radical (unpaired) electrons. The maximum Gasteiger partial charge on any atom is 0.261 e. The quantitative estimate of drug-likeness (QED) is 0.391. The maximum absolute atomic E-state index is 13.2. The molecule has 0 atom stereocenters. The van der Waals surface area contributed by atoms with E-state index in [0.29, 0.717) is 38.2 Å². The fourth-order valence-corrected chi connectivity index (χ4v) is 5.28. The number of methoxy groups -OCH3 is 1. The summed E-state index contributed by atoms with van der Waals surface area (Å²) in [6, 6.07) is 11.0. The first kappa shape index (κ1) is 25.1. The van der Waals surface area contributed by atoms with Crippen LogP contribution in [0.2, 0.25) is 0 Å². The Morgan fingerprint density at radius 1 is 1.09 bits per heavy atom. The summed E-state index contributed by atoms with van der Waals surface area (Å²) in [5, 5.41) is 2.76. The highest BCUT2D eigenvalue weighted by Crippen LogP contribution is 2.28. The summed E-state index contributed by atoms with van der Waals surface area (Å²) in [4.78, 5) is 28.0. The molecule has 1 aliphatic rings. The fourth-order valence-electron chi connectivity index (χ4n) is 3.60. The summed E-state index contributed by atoms with van der Waals surface area (Å²) in [5.74, 6) is -0.545. The number of hydrogen-bond donors (Lipinski definition) is 2. The zero-order valence-corrected chi connectivity index (χ0v) is 20.4. The standard InChI is InChI=1S/C23H29N3O5S2/c1-31-15-7-12-24-22(27)18-8-3-4-9-20(18)25-33(29,30)17-10-11-21(32-2)19(16-17)23(28)26-13-5-6-14-26/h3-4,8-11,16,25H,5-7,12-15H2,1-2H3,(H,24,27). The van der Waals surface area contributed by atoms with E-state index in [9.17, 15) is 18.0 Å². The number of amides is 2. The van der Waals surface area contributed by atoms with E-state index in [2.05, 4.69) is 10.0 Å². The van der Waals surface area contributed by atoms with Gasteiger partial charge in [-0.15, -0.1) is 11.8 Å². The zero-order valence-electron chi connectivity index (χ0n) is 18.8. The largest absolute Gasteiger partial charge is 0.385 e. The van der Waals surface area contributed by atoms with Gasteiger partial charge in [0.25, 0.3) is 21.8 Å². The van der Waals surface area contributed by atoms with Crippen LogP contribution in [0.5, 0.6) is 0 Å². The maximum atomic E-state index is 13.2. The Morgan fingerprint density at radius 2 is 1.82 bits per heavy atom. The Kier molecular flexibility index (Phi) is 8.76. The molecule has 1 heterocycles. The summed E-state index contributed by atoms with van der Waals surface area (Å²) in [7, 11) is -2.45. The van der Waals surface area contributed by atoms with Gasteiger partial charge in [-0.25, -0.2) is 8.42 Å². The van der Waals surface area contributed by atoms with Gasteiger partial charge in [0.1, 0.15) is 0 Å². The number of para-hydroxylation sites is 1. The second kappa shape index (κ2) is 11.5. The minimum Gasteiger partial charge on any atom is -0.385 e. The lowest BCUT2D eigenvalue weighted by atomic mass is 10.1. The molecule has 33 heavy (non-hydrogen) atoms. The fraction of sp³-hybridized carbons (Fsp3) is 0.391. The number of hydrogen-bond acceptors (Lipinski definition) is 6. The van der Waals surface area contributed by atoms with E-state index in [4.69, 9.17) is 4.74 Å². The van der Waals surface area contributed by atoms with Crippen molar-refractivity contribution < 1.29 is 22.7 Å². The van der Waals surface area contributed by atoms with Gasteiger partial charge in [-0.3, -0.25) is 14.3 Å². The van der Waals surface area contributed by atoms with Crippen LogP contribution < -0.4 is 10.0 Å². The average molecular weight is 492 g/mol. The molecule has 1 saturated heterocycles. The van der Waals surface area contributed by atoms with Crippen molar-refractivity contribution in [1.82, 2.24) is 10.2 Å². The predicted molar refractivity (Wildman–Crippen MR) is 129 cm³/mol. The SMILES string of the molecule is COCCCNC(=O)c1ccccc1NS(=O)(=O)c1ccc(SC)c(C(=O)N2CCCC2)c1. The van der Waals surface area contributed by atoms with Crippen molar-refractivity contribution in [2.45, 2.75) is 29.1 Å². The van der Waals surface area contributed by atoms with Crippen LogP contribution in [0.15, 0.2) is 52.3 Å². The Morgan fingerprint density at radius 3 is 2.52 bits per heavy atom. The van der Waals surface area contributed by atoms with Gasteiger partial charge >= 0.3 is 0 Å². The number of anilines is 1. The van der Waals surface area contributed by atoms with Gasteiger partial charge < -0.3 is 15.0 Å². The number of benzene rings is 2. The van der Waals surface area contributed by atoms with E-state index in [1.54, 1.807) is 36.3 Å². The lowest BCUT2D eigenvalue weighted by molar-refractivity contribution is 0.0788. The number of thioether (sulfide) groups is 1. The second-order valence-electron chi connectivity index (χ2n) is 7.61. The predicted octanol–water partition coefficient (Wildman–Crippen LogP) is 3.21. The molecule has 0 saturated carbocycles. The van der Waals surface area contributed by atoms with Crippen molar-refractivity contribution in [3.05, 3.63) is 53.6 Å². The van der Waals surface area contributed by atoms with E-state index in [0.717, 1.165) is 17.7 Å². The Bertz CT molecular complexity index is 1100. The molecule has 8 nitrogen and oxygen atoms in total. The van der Waals surface area contributed by atoms with Gasteiger partial charge in [0.05, 0.1) is 21.7 Å². The Hall–Kier alpha value is -2.56. The molecule has 2 aromatic carbocycles. The number of carbonyl (C=O) groups is 2. The van der Waals surface area contributed by atoms with Gasteiger partial charge in [-0.1, -0.05) is 12.1 Å². The highest BCUT2D eigenvalue weighted by atomic mass is 32.2. The van der Waals surface area contributed by atoms with E-state index in [-0.39, 0.29) is 28.0 Å². The minimum absolute atomic E-state index is 0.0295. The summed E-state index contributed by atoms with van der Waals surface area (Å²) < 4.78 is 33.8. The lowest BCUT2D eigenvalue weighted by Gasteiger charge is -2.18. The van der Waals surface area contributed by atoms with Gasteiger partial charge in [0.15, 0.2) is 0 Å². The van der Waals surface area contributed by atoms with Crippen molar-refractivity contribution in [2.75, 3.05) is 44.3 Å². The van der Waals surface area contributed by atoms with Crippen molar-refractivity contribution in [2.24, 2.45) is 0 Å². The van der Waals surface area contributed by atoms with Crippen LogP contribution in [0.4, 0.5) is 5.69 Å². The molecule has 0 aromatic heterocycles. The summed E-state index contributed by atoms with van der Waals surface area (Å²) in [5.41, 5.74) is 0.757. The van der Waals surface area contributed by atoms with Crippen LogP contribution in [0, 0.1) is 0 Å². The summed E-state index contributed by atoms with van der Waals surface area (Å²) in [6.07, 6.45) is 4.39. The molecule has 10 heteroatoms. The number of nitrogens with zero attached hydrogens (tertiary/aromatic N) is 1. The highest BCUT2D eigenvalue weighted by Gasteiger charge is 2.25. The van der Waals surface area contributed by atoms with E-state index in [1.165, 1.54) is 30.0 Å². The molecule has 1 aliphatic heterocycles. The molecular weight excluding hydrogens is 462 g/mol. The normalized spacial score (nSPS) is 13.7. The van der Waals surface area contributed by atoms with Crippen molar-refractivity contribution in [3.8, 4) is 0 Å². The summed E-state index contributed by atoms with van der Waals surface area (Å²) >= 11 is 1.40. The number of sulfonamides is 1. The number of ether oxygens (including phenoxy) is 1. The first-order valence-corrected chi connectivity index (χ1v) is 13.4. The zero-order chi connectivity index (χ0) is 23.8. The molecule has 2 aromatic rings. The highest BCUT2D eigenvalue weighted by molar-refractivity contribution is 7.98. The smallest absolute Gasteiger partial charge is 0.261 e. The number of nitrogens with one attached hydrogen (secondary N) is 2. The second-order valence-corrected chi connectivity index (χ2v) is 10.1. The van der Waals surface area contributed by atoms with Crippen LogP contribution in [-0.2, 0) is 14.8 Å². The first-order chi connectivity index (χ1) is 15.9. The third-order valence-electron chi connectivity index (χ3n) is 5.33. The van der Waals surface area contributed by atoms with Gasteiger partial charge in [-0.05, 0) is 55.9 Å². The molecular formula is C23H29N3O5S2. The third kappa shape index (κ3) is 6.27. The van der Waals surface area contributed by atoms with Crippen LogP contribution in [0.3, 0.4) is 0 Å². The van der Waals surface area contributed by atoms with E-state index < -0.39 is 10.0 Å². The van der Waals surface area contributed by atoms with Gasteiger partial charge in [0, 0.05) is 38.2 Å². The first-order valence-electron chi connectivity index (χ1n) is 10.7. The monoisotopic (exact) mass is 491 g/mol. The van der Waals surface area contributed by atoms with Crippen molar-refractivity contribution >= 4 is 39.3 Å². The van der Waals surface area contributed by atoms with Crippen molar-refractivity contribution in [1.29, 1.82) is 0 Å². The molecule has 0 unspecified atom stereocenters. The van der Waals surface area contributed by atoms with E-state index in [1.807, 2.05) is 6.26 Å². The van der Waals surface area contributed by atoms with Crippen LogP contribution in [0.1, 0.15) is 40.0 Å². The topological polar surface area (TPSA) is 105 Å². The van der Waals surface area contributed by atoms with Crippen LogP contribution in [-0.4, -0.2) is 64.7 Å². The minimum atomic E-state index is -4.03. The molecule has 178 valence electrons. The Balaban J connectivity index is 1.84. The lowest BCUT2D eigenvalue weighted by Crippen LogP contribution is -2.28. The number of likely N-dealkylation sites (tertiary alicyclic amines) is 1. The van der Waals surface area contributed by atoms with E-state index >= 15 is 0 Å². The molecule has 0 aliphatic carbocycles. The van der Waals surface area contributed by atoms with Crippen LogP contribution >= 0.6 is 11.8 Å². The molecule has 1 fully saturated rings. The van der Waals surface area contributed by atoms with Crippen molar-refractivity contribution in [3.63, 3.8) is 0 Å².